The second-order valence-corrected chi connectivity index (χ2v) is 6.50. The van der Waals surface area contributed by atoms with Gasteiger partial charge in [0.05, 0.1) is 11.3 Å². The minimum absolute atomic E-state index is 0.110. The van der Waals surface area contributed by atoms with Crippen molar-refractivity contribution in [3.63, 3.8) is 0 Å². The zero-order valence-corrected chi connectivity index (χ0v) is 14.4. The highest BCUT2D eigenvalue weighted by molar-refractivity contribution is 6.05. The lowest BCUT2D eigenvalue weighted by Crippen LogP contribution is -2.17. The zero-order valence-electron chi connectivity index (χ0n) is 14.4. The van der Waals surface area contributed by atoms with Gasteiger partial charge in [-0.2, -0.15) is 0 Å². The van der Waals surface area contributed by atoms with Crippen LogP contribution in [0, 0.1) is 6.92 Å². The molecule has 1 aliphatic rings. The average molecular weight is 323 g/mol. The Bertz CT molecular complexity index is 721. The summed E-state index contributed by atoms with van der Waals surface area (Å²) < 4.78 is 0. The molecule has 2 N–H and O–H groups in total. The van der Waals surface area contributed by atoms with E-state index in [-0.39, 0.29) is 5.91 Å². The molecule has 1 saturated carbocycles. The number of aryl methyl sites for hydroxylation is 2. The predicted molar refractivity (Wildman–Crippen MR) is 98.6 cm³/mol. The van der Waals surface area contributed by atoms with Gasteiger partial charge >= 0.3 is 0 Å². The second-order valence-electron chi connectivity index (χ2n) is 6.50. The minimum atomic E-state index is -0.110. The smallest absolute Gasteiger partial charge is 0.257 e. The molecule has 2 aromatic rings. The van der Waals surface area contributed by atoms with Crippen molar-refractivity contribution in [3.05, 3.63) is 53.3 Å². The van der Waals surface area contributed by atoms with E-state index in [4.69, 9.17) is 0 Å². The minimum Gasteiger partial charge on any atom is -0.381 e. The van der Waals surface area contributed by atoms with Gasteiger partial charge in [-0.1, -0.05) is 38.0 Å². The number of benzene rings is 1. The van der Waals surface area contributed by atoms with Gasteiger partial charge in [-0.3, -0.25) is 9.78 Å². The summed E-state index contributed by atoms with van der Waals surface area (Å²) in [5, 5.41) is 6.55. The maximum atomic E-state index is 12.6. The molecule has 0 radical (unpaired) electrons. The molecule has 1 fully saturated rings. The Morgan fingerprint density at radius 3 is 2.79 bits per heavy atom. The van der Waals surface area contributed by atoms with E-state index in [0.717, 1.165) is 28.9 Å². The van der Waals surface area contributed by atoms with E-state index in [9.17, 15) is 4.79 Å². The van der Waals surface area contributed by atoms with Crippen LogP contribution in [0.2, 0.25) is 0 Å². The van der Waals surface area contributed by atoms with Gasteiger partial charge < -0.3 is 10.6 Å². The molecule has 0 unspecified atom stereocenters. The molecule has 3 rings (SSSR count). The van der Waals surface area contributed by atoms with Crippen molar-refractivity contribution in [3.8, 4) is 0 Å². The molecule has 0 saturated heterocycles. The van der Waals surface area contributed by atoms with Crippen LogP contribution in [-0.2, 0) is 6.42 Å². The molecule has 0 atom stereocenters. The van der Waals surface area contributed by atoms with Gasteiger partial charge in [-0.05, 0) is 43.4 Å². The average Bonchev–Trinajstić information content (AvgIpc) is 3.10. The maximum absolute atomic E-state index is 12.6. The number of carbonyl (C=O) groups is 1. The highest BCUT2D eigenvalue weighted by atomic mass is 16.1. The van der Waals surface area contributed by atoms with Crippen molar-refractivity contribution >= 4 is 17.3 Å². The Morgan fingerprint density at radius 2 is 2.04 bits per heavy atom. The molecule has 126 valence electrons. The summed E-state index contributed by atoms with van der Waals surface area (Å²) in [6.07, 6.45) is 9.24. The maximum Gasteiger partial charge on any atom is 0.257 e. The van der Waals surface area contributed by atoms with Crippen LogP contribution in [-0.4, -0.2) is 16.9 Å². The molecule has 1 aromatic heterocycles. The number of hydrogen-bond acceptors (Lipinski definition) is 3. The fraction of sp³-hybridized carbons (Fsp3) is 0.400. The van der Waals surface area contributed by atoms with Crippen molar-refractivity contribution in [1.82, 2.24) is 4.98 Å². The summed E-state index contributed by atoms with van der Waals surface area (Å²) in [4.78, 5) is 16.9. The summed E-state index contributed by atoms with van der Waals surface area (Å²) in [5.74, 6) is -0.110. The quantitative estimate of drug-likeness (QED) is 0.848. The Morgan fingerprint density at radius 1 is 1.25 bits per heavy atom. The monoisotopic (exact) mass is 323 g/mol. The molecule has 4 heteroatoms. The van der Waals surface area contributed by atoms with Crippen LogP contribution in [0.3, 0.4) is 0 Å². The fourth-order valence-corrected chi connectivity index (χ4v) is 3.34. The van der Waals surface area contributed by atoms with Crippen LogP contribution < -0.4 is 10.6 Å². The van der Waals surface area contributed by atoms with Crippen LogP contribution in [0.25, 0.3) is 0 Å². The van der Waals surface area contributed by atoms with Crippen LogP contribution >= 0.6 is 0 Å². The summed E-state index contributed by atoms with van der Waals surface area (Å²) in [5.41, 5.74) is 4.66. The predicted octanol–water partition coefficient (Wildman–Crippen LogP) is 4.56. The third kappa shape index (κ3) is 3.75. The van der Waals surface area contributed by atoms with Crippen LogP contribution in [0.4, 0.5) is 11.4 Å². The number of nitrogens with zero attached hydrogens (tertiary/aromatic N) is 1. The number of rotatable bonds is 5. The number of hydrogen-bond donors (Lipinski definition) is 2. The number of para-hydroxylation sites is 1. The van der Waals surface area contributed by atoms with Gasteiger partial charge in [-0.15, -0.1) is 0 Å². The van der Waals surface area contributed by atoms with Crippen molar-refractivity contribution in [2.45, 2.75) is 52.0 Å². The van der Waals surface area contributed by atoms with Crippen molar-refractivity contribution in [1.29, 1.82) is 0 Å². The van der Waals surface area contributed by atoms with Gasteiger partial charge in [0.15, 0.2) is 0 Å². The summed E-state index contributed by atoms with van der Waals surface area (Å²) in [6.45, 7) is 4.11. The third-order valence-electron chi connectivity index (χ3n) is 4.70. The van der Waals surface area contributed by atoms with Crippen LogP contribution in [0.5, 0.6) is 0 Å². The van der Waals surface area contributed by atoms with E-state index < -0.39 is 0 Å². The first-order chi connectivity index (χ1) is 11.7. The molecule has 1 heterocycles. The van der Waals surface area contributed by atoms with E-state index in [1.165, 1.54) is 25.7 Å². The van der Waals surface area contributed by atoms with Crippen molar-refractivity contribution in [2.75, 3.05) is 10.6 Å². The molecule has 1 aliphatic carbocycles. The van der Waals surface area contributed by atoms with Crippen LogP contribution in [0.1, 0.15) is 54.1 Å². The number of anilines is 2. The van der Waals surface area contributed by atoms with Gasteiger partial charge in [0.1, 0.15) is 0 Å². The highest BCUT2D eigenvalue weighted by Crippen LogP contribution is 2.24. The standard InChI is InChI=1S/C20H25N3O/c1-3-15-8-6-7-14(2)19(15)23-20(24)16-11-18(13-21-12-16)22-17-9-4-5-10-17/h6-8,11-13,17,22H,3-5,9-10H2,1-2H3,(H,23,24). The Labute approximate surface area is 143 Å². The van der Waals surface area contributed by atoms with E-state index >= 15 is 0 Å². The van der Waals surface area contributed by atoms with E-state index in [1.54, 1.807) is 12.4 Å². The molecular formula is C20H25N3O. The Balaban J connectivity index is 1.75. The summed E-state index contributed by atoms with van der Waals surface area (Å²) in [7, 11) is 0. The molecule has 24 heavy (non-hydrogen) atoms. The first-order valence-electron chi connectivity index (χ1n) is 8.79. The van der Waals surface area contributed by atoms with E-state index in [0.29, 0.717) is 11.6 Å². The molecule has 0 spiro atoms. The first kappa shape index (κ1) is 16.5. The number of carbonyl (C=O) groups excluding carboxylic acids is 1. The molecule has 0 bridgehead atoms. The van der Waals surface area contributed by atoms with Gasteiger partial charge in [0.2, 0.25) is 0 Å². The molecular weight excluding hydrogens is 298 g/mol. The number of nitrogens with one attached hydrogen (secondary N) is 2. The van der Waals surface area contributed by atoms with Crippen LogP contribution in [0.15, 0.2) is 36.7 Å². The van der Waals surface area contributed by atoms with Gasteiger partial charge in [0, 0.05) is 24.1 Å². The Hall–Kier alpha value is -2.36. The van der Waals surface area contributed by atoms with Crippen molar-refractivity contribution in [2.24, 2.45) is 0 Å². The number of amides is 1. The molecule has 0 aliphatic heterocycles. The number of aromatic nitrogens is 1. The molecule has 4 nitrogen and oxygen atoms in total. The highest BCUT2D eigenvalue weighted by Gasteiger charge is 2.16. The largest absolute Gasteiger partial charge is 0.381 e. The van der Waals surface area contributed by atoms with E-state index in [2.05, 4.69) is 28.6 Å². The topological polar surface area (TPSA) is 54.0 Å². The van der Waals surface area contributed by atoms with E-state index in [1.807, 2.05) is 25.1 Å². The first-order valence-corrected chi connectivity index (χ1v) is 8.79. The fourth-order valence-electron chi connectivity index (χ4n) is 3.34. The van der Waals surface area contributed by atoms with Gasteiger partial charge in [-0.25, -0.2) is 0 Å². The summed E-state index contributed by atoms with van der Waals surface area (Å²) >= 11 is 0. The molecule has 1 amide bonds. The normalized spacial score (nSPS) is 14.6. The second kappa shape index (κ2) is 7.47. The third-order valence-corrected chi connectivity index (χ3v) is 4.70. The van der Waals surface area contributed by atoms with Gasteiger partial charge in [0.25, 0.3) is 5.91 Å². The lowest BCUT2D eigenvalue weighted by atomic mass is 10.1. The lowest BCUT2D eigenvalue weighted by molar-refractivity contribution is 0.102. The Kier molecular flexibility index (Phi) is 5.14. The molecule has 1 aromatic carbocycles. The SMILES string of the molecule is CCc1cccc(C)c1NC(=O)c1cncc(NC2CCCC2)c1. The number of pyridine rings is 1. The zero-order chi connectivity index (χ0) is 16.9. The van der Waals surface area contributed by atoms with Crippen molar-refractivity contribution < 1.29 is 4.79 Å². The lowest BCUT2D eigenvalue weighted by Gasteiger charge is -2.15. The summed E-state index contributed by atoms with van der Waals surface area (Å²) in [6, 6.07) is 8.50.